The highest BCUT2D eigenvalue weighted by Crippen LogP contribution is 2.26. The smallest absolute Gasteiger partial charge is 0.230 e. The van der Waals surface area contributed by atoms with Crippen molar-refractivity contribution in [2.24, 2.45) is 0 Å². The Bertz CT molecular complexity index is 869. The topological polar surface area (TPSA) is 61.0 Å². The van der Waals surface area contributed by atoms with Gasteiger partial charge in [0.05, 0.1) is 11.9 Å². The van der Waals surface area contributed by atoms with Crippen LogP contribution in [0, 0.1) is 0 Å². The minimum atomic E-state index is -0.107. The normalized spacial score (nSPS) is 10.8. The molecular weight excluding hydrogens is 336 g/mol. The molecule has 0 atom stereocenters. The van der Waals surface area contributed by atoms with Crippen LogP contribution < -0.4 is 10.2 Å². The van der Waals surface area contributed by atoms with Crippen LogP contribution in [-0.4, -0.2) is 29.2 Å². The van der Waals surface area contributed by atoms with Crippen molar-refractivity contribution in [3.8, 4) is 0 Å². The molecule has 6 heteroatoms. The zero-order chi connectivity index (χ0) is 17.8. The molecule has 1 aromatic heterocycles. The first kappa shape index (κ1) is 17.3. The number of carbonyl (C=O) groups excluding carboxylic acids is 1. The first-order chi connectivity index (χ1) is 12.1. The molecule has 2 N–H and O–H groups in total. The van der Waals surface area contributed by atoms with Crippen LogP contribution in [0.2, 0.25) is 5.02 Å². The van der Waals surface area contributed by atoms with Crippen molar-refractivity contribution in [1.82, 2.24) is 10.2 Å². The van der Waals surface area contributed by atoms with Gasteiger partial charge in [0.1, 0.15) is 0 Å². The van der Waals surface area contributed by atoms with Crippen molar-refractivity contribution < 1.29 is 4.79 Å². The Labute approximate surface area is 152 Å². The lowest BCUT2D eigenvalue weighted by Gasteiger charge is -2.20. The maximum absolute atomic E-state index is 12.3. The molecule has 5 nitrogen and oxygen atoms in total. The number of hydrogen-bond donors (Lipinski definition) is 2. The number of fused-ring (bicyclic) bond motifs is 1. The SMILES string of the molecule is CCN(CC)c1ccc2[nH]nc(NC(=O)Cc3ccc(Cl)cc3)c2c1. The molecule has 0 bridgehead atoms. The molecule has 3 rings (SSSR count). The largest absolute Gasteiger partial charge is 0.372 e. The van der Waals surface area contributed by atoms with Gasteiger partial charge in [0.25, 0.3) is 0 Å². The van der Waals surface area contributed by atoms with Crippen LogP contribution in [0.5, 0.6) is 0 Å². The Kier molecular flexibility index (Phi) is 5.24. The monoisotopic (exact) mass is 356 g/mol. The van der Waals surface area contributed by atoms with Crippen molar-refractivity contribution in [1.29, 1.82) is 0 Å². The van der Waals surface area contributed by atoms with E-state index in [1.165, 1.54) is 0 Å². The van der Waals surface area contributed by atoms with Gasteiger partial charge >= 0.3 is 0 Å². The Morgan fingerprint density at radius 2 is 1.88 bits per heavy atom. The zero-order valence-corrected chi connectivity index (χ0v) is 15.1. The van der Waals surface area contributed by atoms with Gasteiger partial charge in [-0.25, -0.2) is 0 Å². The number of nitrogens with one attached hydrogen (secondary N) is 2. The van der Waals surface area contributed by atoms with Gasteiger partial charge in [-0.15, -0.1) is 0 Å². The van der Waals surface area contributed by atoms with Gasteiger partial charge in [-0.3, -0.25) is 9.89 Å². The third-order valence-electron chi connectivity index (χ3n) is 4.21. The maximum atomic E-state index is 12.3. The highest BCUT2D eigenvalue weighted by molar-refractivity contribution is 6.30. The molecule has 1 heterocycles. The average Bonchev–Trinajstić information content (AvgIpc) is 3.00. The third-order valence-corrected chi connectivity index (χ3v) is 4.46. The summed E-state index contributed by atoms with van der Waals surface area (Å²) in [6.45, 7) is 6.10. The van der Waals surface area contributed by atoms with E-state index >= 15 is 0 Å². The van der Waals surface area contributed by atoms with Crippen molar-refractivity contribution in [3.63, 3.8) is 0 Å². The zero-order valence-electron chi connectivity index (χ0n) is 14.3. The number of nitrogens with zero attached hydrogens (tertiary/aromatic N) is 2. The summed E-state index contributed by atoms with van der Waals surface area (Å²) in [6.07, 6.45) is 0.279. The molecule has 0 aliphatic carbocycles. The molecule has 0 saturated carbocycles. The summed E-state index contributed by atoms with van der Waals surface area (Å²) >= 11 is 5.87. The summed E-state index contributed by atoms with van der Waals surface area (Å²) in [5, 5.41) is 11.7. The number of halogens is 1. The fourth-order valence-corrected chi connectivity index (χ4v) is 2.97. The highest BCUT2D eigenvalue weighted by atomic mass is 35.5. The molecule has 0 aliphatic heterocycles. The molecule has 1 amide bonds. The van der Waals surface area contributed by atoms with E-state index in [1.54, 1.807) is 12.1 Å². The fraction of sp³-hybridized carbons (Fsp3) is 0.263. The molecule has 0 saturated heterocycles. The molecular formula is C19H21ClN4O. The number of aromatic amines is 1. The van der Waals surface area contributed by atoms with Crippen LogP contribution in [0.4, 0.5) is 11.5 Å². The predicted molar refractivity (Wildman–Crippen MR) is 103 cm³/mol. The molecule has 0 radical (unpaired) electrons. The minimum Gasteiger partial charge on any atom is -0.372 e. The predicted octanol–water partition coefficient (Wildman–Crippen LogP) is 4.24. The maximum Gasteiger partial charge on any atom is 0.230 e. The fourth-order valence-electron chi connectivity index (χ4n) is 2.85. The number of aromatic nitrogens is 2. The lowest BCUT2D eigenvalue weighted by Crippen LogP contribution is -2.21. The second-order valence-electron chi connectivity index (χ2n) is 5.83. The van der Waals surface area contributed by atoms with Crippen molar-refractivity contribution in [2.45, 2.75) is 20.3 Å². The second kappa shape index (κ2) is 7.57. The summed E-state index contributed by atoms with van der Waals surface area (Å²) in [7, 11) is 0. The number of benzene rings is 2. The first-order valence-corrected chi connectivity index (χ1v) is 8.76. The lowest BCUT2D eigenvalue weighted by molar-refractivity contribution is -0.115. The summed E-state index contributed by atoms with van der Waals surface area (Å²) < 4.78 is 0. The Balaban J connectivity index is 1.79. The first-order valence-electron chi connectivity index (χ1n) is 8.38. The van der Waals surface area contributed by atoms with E-state index in [0.29, 0.717) is 10.8 Å². The standard InChI is InChI=1S/C19H21ClN4O/c1-3-24(4-2)15-9-10-17-16(12-15)19(23-22-17)21-18(25)11-13-5-7-14(20)8-6-13/h5-10,12H,3-4,11H2,1-2H3,(H2,21,22,23,25). The average molecular weight is 357 g/mol. The van der Waals surface area contributed by atoms with E-state index in [9.17, 15) is 4.79 Å². The molecule has 2 aromatic carbocycles. The molecule has 0 fully saturated rings. The van der Waals surface area contributed by atoms with Gasteiger partial charge in [0.2, 0.25) is 5.91 Å². The van der Waals surface area contributed by atoms with Crippen LogP contribution in [0.1, 0.15) is 19.4 Å². The molecule has 0 spiro atoms. The van der Waals surface area contributed by atoms with Crippen LogP contribution in [0.25, 0.3) is 10.9 Å². The summed E-state index contributed by atoms with van der Waals surface area (Å²) in [4.78, 5) is 14.6. The van der Waals surface area contributed by atoms with Gasteiger partial charge in [0.15, 0.2) is 5.82 Å². The van der Waals surface area contributed by atoms with Gasteiger partial charge in [-0.05, 0) is 49.7 Å². The quantitative estimate of drug-likeness (QED) is 0.694. The number of carbonyl (C=O) groups is 1. The van der Waals surface area contributed by atoms with Gasteiger partial charge < -0.3 is 10.2 Å². The summed E-state index contributed by atoms with van der Waals surface area (Å²) in [5.74, 6) is 0.451. The van der Waals surface area contributed by atoms with Gasteiger partial charge in [-0.2, -0.15) is 5.10 Å². The van der Waals surface area contributed by atoms with Gasteiger partial charge in [-0.1, -0.05) is 23.7 Å². The Morgan fingerprint density at radius 1 is 1.16 bits per heavy atom. The molecule has 3 aromatic rings. The van der Waals surface area contributed by atoms with E-state index in [4.69, 9.17) is 11.6 Å². The van der Waals surface area contributed by atoms with Gasteiger partial charge in [0, 0.05) is 29.2 Å². The van der Waals surface area contributed by atoms with Crippen LogP contribution >= 0.6 is 11.6 Å². The van der Waals surface area contributed by atoms with Crippen molar-refractivity contribution >= 4 is 39.9 Å². The van der Waals surface area contributed by atoms with E-state index in [1.807, 2.05) is 18.2 Å². The number of rotatable bonds is 6. The number of hydrogen-bond acceptors (Lipinski definition) is 3. The van der Waals surface area contributed by atoms with E-state index in [2.05, 4.69) is 46.4 Å². The van der Waals surface area contributed by atoms with Crippen LogP contribution in [0.15, 0.2) is 42.5 Å². The van der Waals surface area contributed by atoms with E-state index in [0.717, 1.165) is 35.2 Å². The van der Waals surface area contributed by atoms with Crippen molar-refractivity contribution in [3.05, 3.63) is 53.1 Å². The number of amides is 1. The highest BCUT2D eigenvalue weighted by Gasteiger charge is 2.12. The summed E-state index contributed by atoms with van der Waals surface area (Å²) in [5.41, 5.74) is 2.93. The van der Waals surface area contributed by atoms with Crippen LogP contribution in [0.3, 0.4) is 0 Å². The Morgan fingerprint density at radius 3 is 2.56 bits per heavy atom. The molecule has 130 valence electrons. The second-order valence-corrected chi connectivity index (χ2v) is 6.26. The number of anilines is 2. The van der Waals surface area contributed by atoms with E-state index < -0.39 is 0 Å². The van der Waals surface area contributed by atoms with Crippen LogP contribution in [-0.2, 0) is 11.2 Å². The van der Waals surface area contributed by atoms with E-state index in [-0.39, 0.29) is 12.3 Å². The summed E-state index contributed by atoms with van der Waals surface area (Å²) in [6, 6.07) is 13.4. The Hall–Kier alpha value is -2.53. The lowest BCUT2D eigenvalue weighted by atomic mass is 10.1. The molecule has 25 heavy (non-hydrogen) atoms. The molecule has 0 aliphatic rings. The molecule has 0 unspecified atom stereocenters. The minimum absolute atomic E-state index is 0.107. The number of H-pyrrole nitrogens is 1. The van der Waals surface area contributed by atoms with Crippen molar-refractivity contribution in [2.75, 3.05) is 23.3 Å². The third kappa shape index (κ3) is 3.94.